The fourth-order valence-electron chi connectivity index (χ4n) is 2.37. The molecule has 0 saturated carbocycles. The van der Waals surface area contributed by atoms with E-state index in [1.165, 1.54) is 12.3 Å². The Balaban J connectivity index is 5.94. The number of hydrogen-bond acceptors (Lipinski definition) is 0. The van der Waals surface area contributed by atoms with E-state index < -0.39 is 0 Å². The van der Waals surface area contributed by atoms with E-state index in [2.05, 4.69) is 87.6 Å². The molecule has 0 aromatic carbocycles. The molecule has 0 rings (SSSR count). The molecule has 2 unspecified atom stereocenters. The van der Waals surface area contributed by atoms with Gasteiger partial charge in [0.15, 0.2) is 0 Å². The van der Waals surface area contributed by atoms with Crippen LogP contribution in [0.4, 0.5) is 0 Å². The van der Waals surface area contributed by atoms with Crippen LogP contribution >= 0.6 is 22.5 Å². The van der Waals surface area contributed by atoms with Gasteiger partial charge in [-0.05, 0) is 35.1 Å². The lowest BCUT2D eigenvalue weighted by Crippen LogP contribution is -2.23. The van der Waals surface area contributed by atoms with Crippen LogP contribution in [0.3, 0.4) is 0 Å². The Bertz CT molecular complexity index is 311. The molecule has 0 N–H and O–H groups in total. The molecule has 0 aliphatic carbocycles. The van der Waals surface area contributed by atoms with Gasteiger partial charge in [-0.15, -0.1) is 13.2 Å². The van der Waals surface area contributed by atoms with E-state index in [0.717, 1.165) is 0 Å². The normalized spacial score (nSPS) is 18.0. The van der Waals surface area contributed by atoms with E-state index in [9.17, 15) is 0 Å². The van der Waals surface area contributed by atoms with E-state index in [0.29, 0.717) is 15.5 Å². The van der Waals surface area contributed by atoms with Crippen molar-refractivity contribution in [1.29, 1.82) is 0 Å². The summed E-state index contributed by atoms with van der Waals surface area (Å²) in [5.74, 6) is 0. The fraction of sp³-hybridized carbons (Fsp3) is 0.778. The average Bonchev–Trinajstić information content (AvgIpc) is 2.22. The Morgan fingerprint density at radius 1 is 0.619 bits per heavy atom. The molecule has 0 aromatic rings. The Morgan fingerprint density at radius 3 is 1.05 bits per heavy atom. The molecule has 0 nitrogen and oxygen atoms in total. The van der Waals surface area contributed by atoms with E-state index in [-0.39, 0.29) is 22.5 Å². The highest BCUT2D eigenvalue weighted by Crippen LogP contribution is 2.96. The molecule has 21 heavy (non-hydrogen) atoms. The lowest BCUT2D eigenvalue weighted by molar-refractivity contribution is 0.772. The zero-order valence-corrected chi connectivity index (χ0v) is 18.5. The first kappa shape index (κ1) is 21.8. The summed E-state index contributed by atoms with van der Waals surface area (Å²) in [6, 6.07) is 0. The van der Waals surface area contributed by atoms with E-state index in [1.54, 1.807) is 0 Å². The van der Waals surface area contributed by atoms with Gasteiger partial charge in [0.1, 0.15) is 0 Å². The average molecular weight is 346 g/mol. The second-order valence-electron chi connectivity index (χ2n) is 8.54. The van der Waals surface area contributed by atoms with Crippen molar-refractivity contribution in [3.8, 4) is 0 Å². The summed E-state index contributed by atoms with van der Waals surface area (Å²) in [6.07, 6.45) is 6.74. The number of hydrogen-bond donors (Lipinski definition) is 0. The smallest absolute Gasteiger partial charge is 0.0101 e. The van der Waals surface area contributed by atoms with Gasteiger partial charge >= 0.3 is 0 Å². The van der Waals surface area contributed by atoms with Crippen molar-refractivity contribution in [3.05, 3.63) is 25.3 Å². The summed E-state index contributed by atoms with van der Waals surface area (Å²) < 4.78 is 0. The molecule has 0 amide bonds. The third-order valence-electron chi connectivity index (χ3n) is 3.21. The minimum atomic E-state index is -0.0407. The minimum Gasteiger partial charge on any atom is -0.103 e. The topological polar surface area (TPSA) is 0 Å². The van der Waals surface area contributed by atoms with Crippen LogP contribution in [0.25, 0.3) is 0 Å². The summed E-state index contributed by atoms with van der Waals surface area (Å²) in [5.41, 5.74) is 0. The van der Waals surface area contributed by atoms with Crippen LogP contribution in [-0.2, 0) is 0 Å². The minimum absolute atomic E-state index is 0.0293. The molecule has 0 aromatic heterocycles. The van der Waals surface area contributed by atoms with Crippen molar-refractivity contribution in [2.75, 3.05) is 12.3 Å². The van der Waals surface area contributed by atoms with Gasteiger partial charge < -0.3 is 0 Å². The zero-order valence-electron chi connectivity index (χ0n) is 15.8. The molecule has 0 bridgehead atoms. The van der Waals surface area contributed by atoms with Gasteiger partial charge in [-0.1, -0.05) is 89.7 Å². The molecule has 124 valence electrons. The molecule has 3 heteroatoms. The third-order valence-corrected chi connectivity index (χ3v) is 24.4. The SMILES string of the molecule is C=CCP(P(P(CC=C)C(C)(C)C)C(C)(C)C)C(C)(C)C. The van der Waals surface area contributed by atoms with Crippen LogP contribution in [0, 0.1) is 0 Å². The van der Waals surface area contributed by atoms with Gasteiger partial charge in [0.2, 0.25) is 0 Å². The maximum Gasteiger partial charge on any atom is -0.0101 e. The molecule has 0 saturated heterocycles. The van der Waals surface area contributed by atoms with Gasteiger partial charge in [0.05, 0.1) is 0 Å². The van der Waals surface area contributed by atoms with Crippen molar-refractivity contribution in [2.45, 2.75) is 77.8 Å². The number of rotatable bonds is 6. The predicted octanol–water partition coefficient (Wildman–Crippen LogP) is 8.03. The second kappa shape index (κ2) is 8.04. The van der Waals surface area contributed by atoms with E-state index in [1.807, 2.05) is 0 Å². The fourth-order valence-corrected chi connectivity index (χ4v) is 25.8. The molecule has 0 heterocycles. The highest BCUT2D eigenvalue weighted by Gasteiger charge is 2.44. The maximum atomic E-state index is 4.06. The second-order valence-corrected chi connectivity index (χ2v) is 21.7. The van der Waals surface area contributed by atoms with Crippen molar-refractivity contribution in [1.82, 2.24) is 0 Å². The molecule has 0 fully saturated rings. The largest absolute Gasteiger partial charge is 0.103 e. The van der Waals surface area contributed by atoms with Crippen LogP contribution in [0.5, 0.6) is 0 Å². The molecule has 0 spiro atoms. The monoisotopic (exact) mass is 346 g/mol. The van der Waals surface area contributed by atoms with Crippen molar-refractivity contribution >= 4 is 22.5 Å². The lowest BCUT2D eigenvalue weighted by atomic mass is 10.3. The lowest BCUT2D eigenvalue weighted by Gasteiger charge is -2.51. The van der Waals surface area contributed by atoms with Gasteiger partial charge in [-0.2, -0.15) is 0 Å². The van der Waals surface area contributed by atoms with Gasteiger partial charge in [-0.25, -0.2) is 0 Å². The van der Waals surface area contributed by atoms with Crippen LogP contribution < -0.4 is 0 Å². The molecule has 0 radical (unpaired) electrons. The quantitative estimate of drug-likeness (QED) is 0.337. The molecular formula is C18H37P3. The first-order chi connectivity index (χ1) is 9.26. The standard InChI is InChI=1S/C18H37P3/c1-12-14-19(16(3,4)5)21(18(9,10)11)20(15-13-2)17(6,7)8/h12-13H,1-2,14-15H2,3-11H3. The molecule has 0 aliphatic rings. The van der Waals surface area contributed by atoms with Crippen molar-refractivity contribution in [3.63, 3.8) is 0 Å². The van der Waals surface area contributed by atoms with Crippen LogP contribution in [-0.4, -0.2) is 27.8 Å². The summed E-state index contributed by atoms with van der Waals surface area (Å²) in [4.78, 5) is 0. The first-order valence-electron chi connectivity index (χ1n) is 7.84. The number of allylic oxidation sites excluding steroid dienone is 2. The van der Waals surface area contributed by atoms with Crippen molar-refractivity contribution in [2.24, 2.45) is 0 Å². The highest BCUT2D eigenvalue weighted by molar-refractivity contribution is 8.61. The Morgan fingerprint density at radius 2 is 0.905 bits per heavy atom. The Hall–Kier alpha value is 0.770. The van der Waals surface area contributed by atoms with Gasteiger partial charge in [0.25, 0.3) is 0 Å². The Kier molecular flexibility index (Phi) is 8.34. The van der Waals surface area contributed by atoms with Crippen LogP contribution in [0.2, 0.25) is 0 Å². The van der Waals surface area contributed by atoms with Crippen molar-refractivity contribution < 1.29 is 0 Å². The Labute approximate surface area is 138 Å². The van der Waals surface area contributed by atoms with Gasteiger partial charge in [-0.3, -0.25) is 0 Å². The van der Waals surface area contributed by atoms with E-state index in [4.69, 9.17) is 0 Å². The van der Waals surface area contributed by atoms with Crippen LogP contribution in [0.1, 0.15) is 62.3 Å². The summed E-state index contributed by atoms with van der Waals surface area (Å²) in [5, 5.41) is 1.20. The van der Waals surface area contributed by atoms with Crippen LogP contribution in [0.15, 0.2) is 25.3 Å². The maximum absolute atomic E-state index is 4.06. The molecule has 0 aliphatic heterocycles. The first-order valence-corrected chi connectivity index (χ1v) is 13.6. The zero-order chi connectivity index (χ0) is 17.1. The predicted molar refractivity (Wildman–Crippen MR) is 110 cm³/mol. The summed E-state index contributed by atoms with van der Waals surface area (Å²) in [6.45, 7) is 30.1. The van der Waals surface area contributed by atoms with Gasteiger partial charge in [0, 0.05) is 0 Å². The summed E-state index contributed by atoms with van der Waals surface area (Å²) in [7, 11) is -0.111. The molecular weight excluding hydrogens is 309 g/mol. The van der Waals surface area contributed by atoms with E-state index >= 15 is 0 Å². The highest BCUT2D eigenvalue weighted by atomic mass is 32.5. The third kappa shape index (κ3) is 6.81. The molecule has 2 atom stereocenters. The summed E-state index contributed by atoms with van der Waals surface area (Å²) >= 11 is 0.